The number of nitrogen functional groups attached to an aromatic ring is 1. The Morgan fingerprint density at radius 1 is 1.23 bits per heavy atom. The van der Waals surface area contributed by atoms with Crippen LogP contribution in [0.5, 0.6) is 0 Å². The fourth-order valence-electron chi connectivity index (χ4n) is 4.01. The molecule has 0 bridgehead atoms. The zero-order valence-electron chi connectivity index (χ0n) is 16.9. The Balaban J connectivity index is 1.43. The van der Waals surface area contributed by atoms with Gasteiger partial charge in [-0.2, -0.15) is 5.10 Å². The van der Waals surface area contributed by atoms with Crippen LogP contribution in [0.3, 0.4) is 0 Å². The van der Waals surface area contributed by atoms with Gasteiger partial charge in [0, 0.05) is 29.1 Å². The fraction of sp³-hybridized carbons (Fsp3) is 0.273. The number of para-hydroxylation sites is 1. The molecule has 5 N–H and O–H groups in total. The van der Waals surface area contributed by atoms with Crippen LogP contribution in [0, 0.1) is 0 Å². The van der Waals surface area contributed by atoms with Gasteiger partial charge in [0.2, 0.25) is 0 Å². The Labute approximate surface area is 178 Å². The van der Waals surface area contributed by atoms with Gasteiger partial charge in [0.15, 0.2) is 11.5 Å². The van der Waals surface area contributed by atoms with Gasteiger partial charge in [0.05, 0.1) is 24.2 Å². The predicted octanol–water partition coefficient (Wildman–Crippen LogP) is 2.28. The van der Waals surface area contributed by atoms with E-state index in [0.717, 1.165) is 42.6 Å². The van der Waals surface area contributed by atoms with Crippen molar-refractivity contribution in [3.05, 3.63) is 59.9 Å². The number of carbonyl (C=O) groups excluding carboxylic acids is 1. The van der Waals surface area contributed by atoms with Crippen molar-refractivity contribution in [2.45, 2.75) is 25.3 Å². The van der Waals surface area contributed by atoms with E-state index in [1.807, 2.05) is 16.9 Å². The summed E-state index contributed by atoms with van der Waals surface area (Å²) in [6.45, 7) is 2.02. The van der Waals surface area contributed by atoms with Crippen LogP contribution in [0.4, 0.5) is 5.82 Å². The number of carbonyl (C=O) groups is 1. The molecule has 31 heavy (non-hydrogen) atoms. The smallest absolute Gasteiger partial charge is 0.252 e. The Morgan fingerprint density at radius 3 is 2.87 bits per heavy atom. The van der Waals surface area contributed by atoms with Gasteiger partial charge in [0.25, 0.3) is 5.91 Å². The second-order valence-electron chi connectivity index (χ2n) is 7.76. The number of anilines is 1. The maximum atomic E-state index is 11.6. The quantitative estimate of drug-likeness (QED) is 0.453. The summed E-state index contributed by atoms with van der Waals surface area (Å²) in [5.41, 5.74) is 15.5. The summed E-state index contributed by atoms with van der Waals surface area (Å²) in [5.74, 6) is 0.300. The molecule has 0 aliphatic carbocycles. The molecule has 0 atom stereocenters. The Morgan fingerprint density at radius 2 is 2.06 bits per heavy atom. The number of nitrogens with two attached hydrogens (primary N) is 2. The number of primary amides is 1. The van der Waals surface area contributed by atoms with Crippen molar-refractivity contribution in [1.82, 2.24) is 25.1 Å². The van der Waals surface area contributed by atoms with Crippen molar-refractivity contribution in [2.75, 3.05) is 18.8 Å². The van der Waals surface area contributed by atoms with Crippen molar-refractivity contribution in [3.63, 3.8) is 0 Å². The molecule has 4 aromatic rings. The number of amides is 1. The molecule has 1 amide bonds. The zero-order chi connectivity index (χ0) is 21.4. The molecule has 1 aliphatic heterocycles. The van der Waals surface area contributed by atoms with Gasteiger partial charge in [-0.05, 0) is 44.1 Å². The van der Waals surface area contributed by atoms with Crippen molar-refractivity contribution in [2.24, 2.45) is 5.73 Å². The van der Waals surface area contributed by atoms with Crippen molar-refractivity contribution >= 4 is 22.8 Å². The molecule has 5 rings (SSSR count). The molecule has 0 spiro atoms. The van der Waals surface area contributed by atoms with Gasteiger partial charge in [-0.3, -0.25) is 9.48 Å². The highest BCUT2D eigenvalue weighted by atomic mass is 16.3. The molecule has 0 unspecified atom stereocenters. The number of nitrogens with zero attached hydrogens (tertiary/aromatic N) is 4. The topological polar surface area (TPSA) is 138 Å². The van der Waals surface area contributed by atoms with E-state index in [4.69, 9.17) is 15.9 Å². The Hall–Kier alpha value is -3.72. The van der Waals surface area contributed by atoms with E-state index < -0.39 is 5.91 Å². The number of oxazole rings is 1. The lowest BCUT2D eigenvalue weighted by atomic mass is 10.1. The predicted molar refractivity (Wildman–Crippen MR) is 116 cm³/mol. The van der Waals surface area contributed by atoms with E-state index in [1.165, 1.54) is 0 Å². The highest BCUT2D eigenvalue weighted by molar-refractivity contribution is 6.03. The third kappa shape index (κ3) is 3.75. The van der Waals surface area contributed by atoms with Crippen LogP contribution >= 0.6 is 0 Å². The average Bonchev–Trinajstić information content (AvgIpc) is 3.42. The van der Waals surface area contributed by atoms with Gasteiger partial charge in [-0.15, -0.1) is 0 Å². The Bertz CT molecular complexity index is 1250. The molecule has 9 nitrogen and oxygen atoms in total. The van der Waals surface area contributed by atoms with Gasteiger partial charge >= 0.3 is 0 Å². The summed E-state index contributed by atoms with van der Waals surface area (Å²) >= 11 is 0. The molecular weight excluding hydrogens is 394 g/mol. The summed E-state index contributed by atoms with van der Waals surface area (Å²) in [6, 6.07) is 7.52. The molecule has 1 saturated heterocycles. The van der Waals surface area contributed by atoms with Crippen molar-refractivity contribution in [1.29, 1.82) is 0 Å². The molecule has 3 aromatic heterocycles. The summed E-state index contributed by atoms with van der Waals surface area (Å²) < 4.78 is 7.87. The highest BCUT2D eigenvalue weighted by Crippen LogP contribution is 2.27. The molecule has 0 radical (unpaired) electrons. The normalized spacial score (nSPS) is 14.8. The molecule has 4 heterocycles. The summed E-state index contributed by atoms with van der Waals surface area (Å²) in [7, 11) is 0. The second-order valence-corrected chi connectivity index (χ2v) is 7.76. The molecule has 1 aromatic carbocycles. The minimum Gasteiger partial charge on any atom is -0.439 e. The van der Waals surface area contributed by atoms with E-state index in [1.54, 1.807) is 24.4 Å². The largest absolute Gasteiger partial charge is 0.439 e. The first kappa shape index (κ1) is 19.3. The van der Waals surface area contributed by atoms with Crippen LogP contribution in [-0.2, 0) is 6.42 Å². The number of piperidine rings is 1. The van der Waals surface area contributed by atoms with E-state index >= 15 is 0 Å². The second kappa shape index (κ2) is 7.84. The Kier molecular flexibility index (Phi) is 4.87. The van der Waals surface area contributed by atoms with Crippen LogP contribution in [0.25, 0.3) is 22.2 Å². The maximum Gasteiger partial charge on any atom is 0.252 e. The fourth-order valence-corrected chi connectivity index (χ4v) is 4.01. The number of fused-ring (bicyclic) bond motifs is 1. The van der Waals surface area contributed by atoms with E-state index in [2.05, 4.69) is 26.6 Å². The van der Waals surface area contributed by atoms with Crippen molar-refractivity contribution in [3.8, 4) is 11.1 Å². The number of nitrogens with one attached hydrogen (secondary N) is 1. The molecule has 158 valence electrons. The van der Waals surface area contributed by atoms with Gasteiger partial charge in [-0.25, -0.2) is 9.97 Å². The third-order valence-electron chi connectivity index (χ3n) is 5.69. The lowest BCUT2D eigenvalue weighted by Gasteiger charge is -2.22. The highest BCUT2D eigenvalue weighted by Gasteiger charge is 2.18. The van der Waals surface area contributed by atoms with Crippen LogP contribution in [0.2, 0.25) is 0 Å². The van der Waals surface area contributed by atoms with Crippen LogP contribution in [0.15, 0.2) is 47.3 Å². The minimum atomic E-state index is -0.553. The van der Waals surface area contributed by atoms with Gasteiger partial charge in [0.1, 0.15) is 11.3 Å². The number of hydrogen-bond donors (Lipinski definition) is 3. The monoisotopic (exact) mass is 417 g/mol. The summed E-state index contributed by atoms with van der Waals surface area (Å²) in [5, 5.41) is 7.94. The minimum absolute atomic E-state index is 0.307. The maximum absolute atomic E-state index is 11.6. The van der Waals surface area contributed by atoms with Gasteiger partial charge < -0.3 is 21.2 Å². The van der Waals surface area contributed by atoms with Gasteiger partial charge in [-0.1, -0.05) is 6.07 Å². The van der Waals surface area contributed by atoms with Crippen LogP contribution in [0.1, 0.15) is 40.7 Å². The molecule has 1 fully saturated rings. The third-order valence-corrected chi connectivity index (χ3v) is 5.69. The first-order valence-corrected chi connectivity index (χ1v) is 10.3. The zero-order valence-corrected chi connectivity index (χ0v) is 16.9. The van der Waals surface area contributed by atoms with E-state index in [9.17, 15) is 4.79 Å². The number of aromatic nitrogens is 4. The molecule has 1 aliphatic rings. The number of rotatable bonds is 5. The lowest BCUT2D eigenvalue weighted by Crippen LogP contribution is -2.29. The standard InChI is InChI=1S/C22H23N7O2/c23-21-13(9-19-28-18-3-1-2-17(22(24)30)20(18)31-19)8-14(10-26-21)15-11-27-29(12-15)16-4-6-25-7-5-16/h1-3,8,10-12,16,25H,4-7,9H2,(H2,23,26)(H2,24,30). The van der Waals surface area contributed by atoms with E-state index in [-0.39, 0.29) is 0 Å². The SMILES string of the molecule is NC(=O)c1cccc2nc(Cc3cc(-c4cnn(C5CCNCC5)c4)cnc3N)oc12. The number of pyridine rings is 1. The van der Waals surface area contributed by atoms with Crippen molar-refractivity contribution < 1.29 is 9.21 Å². The van der Waals surface area contributed by atoms with Crippen LogP contribution < -0.4 is 16.8 Å². The first-order valence-electron chi connectivity index (χ1n) is 10.3. The van der Waals surface area contributed by atoms with E-state index in [0.29, 0.717) is 40.8 Å². The summed E-state index contributed by atoms with van der Waals surface area (Å²) in [4.78, 5) is 20.5. The molecular formula is C22H23N7O2. The average molecular weight is 417 g/mol. The lowest BCUT2D eigenvalue weighted by molar-refractivity contribution is 0.100. The van der Waals surface area contributed by atoms with Crippen LogP contribution in [-0.4, -0.2) is 38.7 Å². The number of hydrogen-bond acceptors (Lipinski definition) is 7. The first-order chi connectivity index (χ1) is 15.1. The number of benzene rings is 1. The summed E-state index contributed by atoms with van der Waals surface area (Å²) in [6.07, 6.45) is 8.15. The molecule has 9 heteroatoms. The molecule has 0 saturated carbocycles.